The van der Waals surface area contributed by atoms with Crippen molar-refractivity contribution in [1.82, 2.24) is 4.98 Å². The van der Waals surface area contributed by atoms with Gasteiger partial charge in [-0.2, -0.15) is 0 Å². The third-order valence-corrected chi connectivity index (χ3v) is 7.85. The Kier molecular flexibility index (Phi) is 5.22. The maximum absolute atomic E-state index is 12.3. The highest BCUT2D eigenvalue weighted by Crippen LogP contribution is 2.38. The summed E-state index contributed by atoms with van der Waals surface area (Å²) < 4.78 is 25.7. The van der Waals surface area contributed by atoms with Gasteiger partial charge in [-0.05, 0) is 49.4 Å². The van der Waals surface area contributed by atoms with Crippen LogP contribution in [0.15, 0.2) is 35.7 Å². The van der Waals surface area contributed by atoms with Crippen LogP contribution in [0.1, 0.15) is 22.2 Å². The van der Waals surface area contributed by atoms with Gasteiger partial charge in [-0.25, -0.2) is 13.4 Å². The Morgan fingerprint density at radius 3 is 2.83 bits per heavy atom. The Morgan fingerprint density at radius 1 is 1.34 bits per heavy atom. The molecule has 1 atom stereocenters. The van der Waals surface area contributed by atoms with Crippen molar-refractivity contribution in [2.45, 2.75) is 32.7 Å². The number of anilines is 2. The Balaban J connectivity index is 1.57. The molecule has 1 N–H and O–H groups in total. The van der Waals surface area contributed by atoms with E-state index in [2.05, 4.69) is 10.3 Å². The summed E-state index contributed by atoms with van der Waals surface area (Å²) in [5.74, 6) is -0.0840. The van der Waals surface area contributed by atoms with E-state index in [0.29, 0.717) is 18.0 Å². The van der Waals surface area contributed by atoms with Gasteiger partial charge < -0.3 is 5.32 Å². The summed E-state index contributed by atoms with van der Waals surface area (Å²) >= 11 is 3.00. The first-order valence-corrected chi connectivity index (χ1v) is 12.7. The Hall–Kier alpha value is -2.23. The Labute approximate surface area is 178 Å². The van der Waals surface area contributed by atoms with Gasteiger partial charge in [-0.3, -0.25) is 9.10 Å². The minimum Gasteiger partial charge on any atom is -0.302 e. The number of sulfonamides is 1. The molecule has 1 aliphatic rings. The lowest BCUT2D eigenvalue weighted by Gasteiger charge is -2.21. The van der Waals surface area contributed by atoms with E-state index in [9.17, 15) is 13.2 Å². The molecule has 3 heterocycles. The first kappa shape index (κ1) is 20.1. The number of fused-ring (bicyclic) bond motifs is 1. The average Bonchev–Trinajstić information content (AvgIpc) is 3.31. The Bertz CT molecular complexity index is 1170. The largest absolute Gasteiger partial charge is 0.302 e. The molecule has 3 aromatic rings. The first-order chi connectivity index (χ1) is 13.7. The zero-order valence-corrected chi connectivity index (χ0v) is 18.7. The lowest BCUT2D eigenvalue weighted by atomic mass is 10.0. The van der Waals surface area contributed by atoms with Gasteiger partial charge in [-0.1, -0.05) is 12.1 Å². The highest BCUT2D eigenvalue weighted by atomic mass is 32.2. The molecule has 0 saturated heterocycles. The fourth-order valence-electron chi connectivity index (χ4n) is 3.71. The van der Waals surface area contributed by atoms with Crippen molar-refractivity contribution in [3.8, 4) is 11.3 Å². The number of rotatable bonds is 5. The molecule has 0 bridgehead atoms. The van der Waals surface area contributed by atoms with Crippen molar-refractivity contribution < 1.29 is 13.2 Å². The standard InChI is InChI=1S/C20H21N3O3S3/c1-12-9-15-10-14(6-7-17(15)23(12)29(3,25)26)19-13(2)28-20(22-19)21-18(24)11-16-5-4-8-27-16/h4-8,10,12H,9,11H2,1-3H3,(H,21,22,24)/t12-/m0/s1. The molecule has 1 aromatic carbocycles. The second-order valence-electron chi connectivity index (χ2n) is 7.18. The van der Waals surface area contributed by atoms with Crippen LogP contribution in [0.5, 0.6) is 0 Å². The zero-order valence-electron chi connectivity index (χ0n) is 16.3. The minimum atomic E-state index is -3.31. The number of aryl methyl sites for hydroxylation is 1. The van der Waals surface area contributed by atoms with Crippen LogP contribution < -0.4 is 9.62 Å². The van der Waals surface area contributed by atoms with Crippen molar-refractivity contribution in [3.05, 3.63) is 51.0 Å². The number of thiazole rings is 1. The molecule has 6 nitrogen and oxygen atoms in total. The predicted octanol–water partition coefficient (Wildman–Crippen LogP) is 4.07. The van der Waals surface area contributed by atoms with Gasteiger partial charge in [0.2, 0.25) is 15.9 Å². The van der Waals surface area contributed by atoms with Crippen LogP contribution in [0.4, 0.5) is 10.8 Å². The van der Waals surface area contributed by atoms with Crippen LogP contribution in [-0.4, -0.2) is 31.6 Å². The van der Waals surface area contributed by atoms with E-state index in [1.807, 2.05) is 49.6 Å². The highest BCUT2D eigenvalue weighted by molar-refractivity contribution is 7.92. The number of hydrogen-bond donors (Lipinski definition) is 1. The van der Waals surface area contributed by atoms with E-state index in [4.69, 9.17) is 0 Å². The van der Waals surface area contributed by atoms with Crippen LogP contribution in [0, 0.1) is 6.92 Å². The molecule has 2 aromatic heterocycles. The number of aromatic nitrogens is 1. The van der Waals surface area contributed by atoms with Gasteiger partial charge in [0, 0.05) is 21.4 Å². The van der Waals surface area contributed by atoms with Gasteiger partial charge in [0.05, 0.1) is 24.1 Å². The molecular weight excluding hydrogens is 426 g/mol. The summed E-state index contributed by atoms with van der Waals surface area (Å²) in [4.78, 5) is 18.9. The number of nitrogens with zero attached hydrogens (tertiary/aromatic N) is 2. The molecule has 0 aliphatic carbocycles. The van der Waals surface area contributed by atoms with Crippen molar-refractivity contribution in [1.29, 1.82) is 0 Å². The average molecular weight is 448 g/mol. The maximum atomic E-state index is 12.3. The van der Waals surface area contributed by atoms with E-state index in [0.717, 1.165) is 32.3 Å². The molecule has 4 rings (SSSR count). The summed E-state index contributed by atoms with van der Waals surface area (Å²) in [5.41, 5.74) is 3.48. The first-order valence-electron chi connectivity index (χ1n) is 9.15. The number of hydrogen-bond acceptors (Lipinski definition) is 6. The molecule has 9 heteroatoms. The number of carbonyl (C=O) groups excluding carboxylic acids is 1. The van der Waals surface area contributed by atoms with Crippen molar-refractivity contribution in [3.63, 3.8) is 0 Å². The topological polar surface area (TPSA) is 79.4 Å². The monoisotopic (exact) mass is 447 g/mol. The molecule has 0 saturated carbocycles. The third-order valence-electron chi connectivity index (χ3n) is 4.82. The fourth-order valence-corrected chi connectivity index (χ4v) is 6.53. The fraction of sp³-hybridized carbons (Fsp3) is 0.300. The summed E-state index contributed by atoms with van der Waals surface area (Å²) in [6, 6.07) is 9.53. The lowest BCUT2D eigenvalue weighted by Crippen LogP contribution is -2.34. The molecule has 152 valence electrons. The second kappa shape index (κ2) is 7.55. The van der Waals surface area contributed by atoms with Crippen LogP contribution in [-0.2, 0) is 27.7 Å². The molecular formula is C20H21N3O3S3. The predicted molar refractivity (Wildman–Crippen MR) is 119 cm³/mol. The molecule has 1 aliphatic heterocycles. The summed E-state index contributed by atoms with van der Waals surface area (Å²) in [5, 5.41) is 5.41. The van der Waals surface area contributed by atoms with Crippen LogP contribution in [0.25, 0.3) is 11.3 Å². The van der Waals surface area contributed by atoms with E-state index in [-0.39, 0.29) is 11.9 Å². The molecule has 0 spiro atoms. The molecule has 1 amide bonds. The van der Waals surface area contributed by atoms with Crippen LogP contribution in [0.3, 0.4) is 0 Å². The van der Waals surface area contributed by atoms with Gasteiger partial charge in [0.15, 0.2) is 5.13 Å². The third kappa shape index (κ3) is 4.08. The van der Waals surface area contributed by atoms with E-state index in [1.54, 1.807) is 11.3 Å². The maximum Gasteiger partial charge on any atom is 0.232 e. The number of thiophene rings is 1. The van der Waals surface area contributed by atoms with Crippen molar-refractivity contribution >= 4 is 49.4 Å². The molecule has 29 heavy (non-hydrogen) atoms. The molecule has 0 fully saturated rings. The zero-order chi connectivity index (χ0) is 20.8. The Morgan fingerprint density at radius 2 is 2.14 bits per heavy atom. The van der Waals surface area contributed by atoms with Gasteiger partial charge in [0.1, 0.15) is 0 Å². The summed E-state index contributed by atoms with van der Waals surface area (Å²) in [7, 11) is -3.31. The normalized spacial score (nSPS) is 16.1. The van der Waals surface area contributed by atoms with Gasteiger partial charge in [0.25, 0.3) is 0 Å². The number of carbonyl (C=O) groups is 1. The number of benzene rings is 1. The smallest absolute Gasteiger partial charge is 0.232 e. The molecule has 0 unspecified atom stereocenters. The highest BCUT2D eigenvalue weighted by Gasteiger charge is 2.32. The van der Waals surface area contributed by atoms with Gasteiger partial charge >= 0.3 is 0 Å². The number of nitrogens with one attached hydrogen (secondary N) is 1. The van der Waals surface area contributed by atoms with Gasteiger partial charge in [-0.15, -0.1) is 22.7 Å². The van der Waals surface area contributed by atoms with E-state index in [1.165, 1.54) is 21.9 Å². The van der Waals surface area contributed by atoms with Crippen molar-refractivity contribution in [2.75, 3.05) is 15.9 Å². The minimum absolute atomic E-state index is 0.0840. The van der Waals surface area contributed by atoms with Crippen LogP contribution in [0.2, 0.25) is 0 Å². The summed E-state index contributed by atoms with van der Waals surface area (Å²) in [6.45, 7) is 3.89. The molecule has 0 radical (unpaired) electrons. The van der Waals surface area contributed by atoms with E-state index >= 15 is 0 Å². The lowest BCUT2D eigenvalue weighted by molar-refractivity contribution is -0.115. The van der Waals surface area contributed by atoms with Crippen LogP contribution >= 0.6 is 22.7 Å². The SMILES string of the molecule is Cc1sc(NC(=O)Cc2cccs2)nc1-c1ccc2c(c1)C[C@H](C)N2S(C)(=O)=O. The van der Waals surface area contributed by atoms with Crippen molar-refractivity contribution in [2.24, 2.45) is 0 Å². The quantitative estimate of drug-likeness (QED) is 0.639. The van der Waals surface area contributed by atoms with E-state index < -0.39 is 10.0 Å². The summed E-state index contributed by atoms with van der Waals surface area (Å²) in [6.07, 6.45) is 2.25. The second-order valence-corrected chi connectivity index (χ2v) is 11.3. The number of amides is 1.